The maximum atomic E-state index is 11.5. The first-order chi connectivity index (χ1) is 9.47. The second-order valence-corrected chi connectivity index (χ2v) is 5.18. The van der Waals surface area contributed by atoms with Crippen molar-refractivity contribution in [2.24, 2.45) is 0 Å². The van der Waals surface area contributed by atoms with E-state index in [4.69, 9.17) is 5.73 Å². The van der Waals surface area contributed by atoms with Gasteiger partial charge in [0.25, 0.3) is 0 Å². The fourth-order valence-electron chi connectivity index (χ4n) is 2.22. The van der Waals surface area contributed by atoms with Gasteiger partial charge in [-0.1, -0.05) is 30.3 Å². The van der Waals surface area contributed by atoms with Crippen LogP contribution >= 0.6 is 0 Å². The fraction of sp³-hybridized carbons (Fsp3) is 0.235. The molecule has 3 N–H and O–H groups in total. The van der Waals surface area contributed by atoms with E-state index < -0.39 is 11.9 Å². The quantitative estimate of drug-likeness (QED) is 0.837. The second kappa shape index (κ2) is 5.78. The Morgan fingerprint density at radius 2 is 1.75 bits per heavy atom. The third-order valence-corrected chi connectivity index (χ3v) is 3.65. The Bertz CT molecular complexity index is 617. The molecular formula is C17H19NO2. The molecule has 3 nitrogen and oxygen atoms in total. The molecule has 0 aliphatic carbocycles. The molecule has 0 saturated carbocycles. The van der Waals surface area contributed by atoms with E-state index in [1.54, 1.807) is 12.1 Å². The topological polar surface area (TPSA) is 63.3 Å². The average molecular weight is 269 g/mol. The fourth-order valence-corrected chi connectivity index (χ4v) is 2.22. The van der Waals surface area contributed by atoms with Crippen molar-refractivity contribution in [1.82, 2.24) is 0 Å². The van der Waals surface area contributed by atoms with Gasteiger partial charge in [-0.05, 0) is 54.7 Å². The van der Waals surface area contributed by atoms with Crippen LogP contribution in [0.3, 0.4) is 0 Å². The Balaban J connectivity index is 2.29. The van der Waals surface area contributed by atoms with Gasteiger partial charge < -0.3 is 10.8 Å². The van der Waals surface area contributed by atoms with Crippen molar-refractivity contribution in [3.8, 4) is 0 Å². The second-order valence-electron chi connectivity index (χ2n) is 5.18. The first-order valence-corrected chi connectivity index (χ1v) is 6.61. The summed E-state index contributed by atoms with van der Waals surface area (Å²) in [6.45, 7) is 4.02. The highest BCUT2D eigenvalue weighted by Crippen LogP contribution is 2.24. The largest absolute Gasteiger partial charge is 0.481 e. The normalized spacial score (nSPS) is 12.1. The highest BCUT2D eigenvalue weighted by atomic mass is 16.4. The van der Waals surface area contributed by atoms with Crippen LogP contribution in [-0.2, 0) is 11.2 Å². The van der Waals surface area contributed by atoms with Gasteiger partial charge in [-0.15, -0.1) is 0 Å². The van der Waals surface area contributed by atoms with E-state index in [2.05, 4.69) is 0 Å². The third-order valence-electron chi connectivity index (χ3n) is 3.65. The summed E-state index contributed by atoms with van der Waals surface area (Å²) >= 11 is 0. The smallest absolute Gasteiger partial charge is 0.311 e. The van der Waals surface area contributed by atoms with Gasteiger partial charge in [0, 0.05) is 5.69 Å². The van der Waals surface area contributed by atoms with Crippen LogP contribution in [0.4, 0.5) is 5.69 Å². The molecule has 0 radical (unpaired) electrons. The predicted molar refractivity (Wildman–Crippen MR) is 80.9 cm³/mol. The lowest BCUT2D eigenvalue weighted by molar-refractivity contribution is -0.138. The number of benzene rings is 2. The van der Waals surface area contributed by atoms with E-state index in [0.29, 0.717) is 12.1 Å². The Labute approximate surface area is 119 Å². The Morgan fingerprint density at radius 3 is 2.30 bits per heavy atom. The zero-order valence-electron chi connectivity index (χ0n) is 11.8. The third kappa shape index (κ3) is 3.18. The molecule has 0 amide bonds. The monoisotopic (exact) mass is 269 g/mol. The molecule has 2 aromatic carbocycles. The molecule has 2 aromatic rings. The molecule has 0 aromatic heterocycles. The van der Waals surface area contributed by atoms with Crippen molar-refractivity contribution >= 4 is 11.7 Å². The molecule has 0 spiro atoms. The van der Waals surface area contributed by atoms with E-state index >= 15 is 0 Å². The lowest BCUT2D eigenvalue weighted by Gasteiger charge is -2.14. The van der Waals surface area contributed by atoms with Crippen LogP contribution in [0.15, 0.2) is 42.5 Å². The van der Waals surface area contributed by atoms with Gasteiger partial charge in [-0.25, -0.2) is 0 Å². The summed E-state index contributed by atoms with van der Waals surface area (Å²) in [4.78, 5) is 11.5. The van der Waals surface area contributed by atoms with Crippen molar-refractivity contribution in [1.29, 1.82) is 0 Å². The van der Waals surface area contributed by atoms with Crippen LogP contribution in [0.1, 0.15) is 28.2 Å². The van der Waals surface area contributed by atoms with Gasteiger partial charge in [-0.2, -0.15) is 0 Å². The Kier molecular flexibility index (Phi) is 4.08. The average Bonchev–Trinajstić information content (AvgIpc) is 2.41. The van der Waals surface area contributed by atoms with E-state index in [1.165, 1.54) is 5.56 Å². The number of aliphatic carboxylic acids is 1. The van der Waals surface area contributed by atoms with Gasteiger partial charge in [0.2, 0.25) is 0 Å². The van der Waals surface area contributed by atoms with Gasteiger partial charge in [0.1, 0.15) is 0 Å². The number of rotatable bonds is 4. The molecule has 2 rings (SSSR count). The van der Waals surface area contributed by atoms with E-state index in [-0.39, 0.29) is 0 Å². The van der Waals surface area contributed by atoms with Crippen LogP contribution < -0.4 is 5.73 Å². The highest BCUT2D eigenvalue weighted by Gasteiger charge is 2.20. The first kappa shape index (κ1) is 14.1. The maximum Gasteiger partial charge on any atom is 0.311 e. The summed E-state index contributed by atoms with van der Waals surface area (Å²) in [6.07, 6.45) is 0.470. The van der Waals surface area contributed by atoms with Crippen LogP contribution in [-0.4, -0.2) is 11.1 Å². The molecule has 0 aliphatic heterocycles. The first-order valence-electron chi connectivity index (χ1n) is 6.61. The summed E-state index contributed by atoms with van der Waals surface area (Å²) in [5, 5.41) is 9.48. The Hall–Kier alpha value is -2.29. The molecule has 3 heteroatoms. The number of anilines is 1. The lowest BCUT2D eigenvalue weighted by Crippen LogP contribution is -2.14. The van der Waals surface area contributed by atoms with Crippen molar-refractivity contribution in [3.05, 3.63) is 64.7 Å². The van der Waals surface area contributed by atoms with Crippen molar-refractivity contribution in [2.45, 2.75) is 26.2 Å². The predicted octanol–water partition coefficient (Wildman–Crippen LogP) is 3.30. The van der Waals surface area contributed by atoms with Crippen LogP contribution in [0.5, 0.6) is 0 Å². The van der Waals surface area contributed by atoms with Crippen LogP contribution in [0.2, 0.25) is 0 Å². The number of nitrogen functional groups attached to an aromatic ring is 1. The summed E-state index contributed by atoms with van der Waals surface area (Å²) in [5.74, 6) is -1.33. The van der Waals surface area contributed by atoms with E-state index in [1.807, 2.05) is 44.2 Å². The van der Waals surface area contributed by atoms with Crippen LogP contribution in [0, 0.1) is 13.8 Å². The highest BCUT2D eigenvalue weighted by molar-refractivity contribution is 5.76. The van der Waals surface area contributed by atoms with Gasteiger partial charge in [-0.3, -0.25) is 4.79 Å². The van der Waals surface area contributed by atoms with E-state index in [9.17, 15) is 9.90 Å². The van der Waals surface area contributed by atoms with Crippen LogP contribution in [0.25, 0.3) is 0 Å². The molecular weight excluding hydrogens is 250 g/mol. The summed E-state index contributed by atoms with van der Waals surface area (Å²) in [6, 6.07) is 13.2. The van der Waals surface area contributed by atoms with Gasteiger partial charge in [0.15, 0.2) is 0 Å². The minimum atomic E-state index is -0.801. The lowest BCUT2D eigenvalue weighted by atomic mass is 9.90. The number of hydrogen-bond acceptors (Lipinski definition) is 2. The molecule has 0 fully saturated rings. The number of aryl methyl sites for hydroxylation is 2. The molecule has 104 valence electrons. The summed E-state index contributed by atoms with van der Waals surface area (Å²) in [7, 11) is 0. The van der Waals surface area contributed by atoms with Gasteiger partial charge in [0.05, 0.1) is 5.92 Å². The van der Waals surface area contributed by atoms with Crippen molar-refractivity contribution in [3.63, 3.8) is 0 Å². The maximum absolute atomic E-state index is 11.5. The molecule has 20 heavy (non-hydrogen) atoms. The number of carbonyl (C=O) groups is 1. The Morgan fingerprint density at radius 1 is 1.10 bits per heavy atom. The van der Waals surface area contributed by atoms with Crippen molar-refractivity contribution < 1.29 is 9.90 Å². The SMILES string of the molecule is Cc1ccc(C(Cc2ccc(N)cc2)C(=O)O)cc1C. The molecule has 0 heterocycles. The number of hydrogen-bond donors (Lipinski definition) is 2. The minimum absolute atomic E-state index is 0.470. The molecule has 0 aliphatic rings. The molecule has 0 bridgehead atoms. The number of nitrogens with two attached hydrogens (primary N) is 1. The summed E-state index contributed by atoms with van der Waals surface area (Å²) in [5.41, 5.74) is 10.4. The molecule has 1 atom stereocenters. The molecule has 0 saturated heterocycles. The standard InChI is InChI=1S/C17H19NO2/c1-11-3-6-14(9-12(11)2)16(17(19)20)10-13-4-7-15(18)8-5-13/h3-9,16H,10,18H2,1-2H3,(H,19,20). The minimum Gasteiger partial charge on any atom is -0.481 e. The summed E-state index contributed by atoms with van der Waals surface area (Å²) < 4.78 is 0. The zero-order valence-corrected chi connectivity index (χ0v) is 11.8. The number of carboxylic acid groups (broad SMARTS) is 1. The molecule has 1 unspecified atom stereocenters. The van der Waals surface area contributed by atoms with E-state index in [0.717, 1.165) is 16.7 Å². The zero-order chi connectivity index (χ0) is 14.7. The van der Waals surface area contributed by atoms with Crippen molar-refractivity contribution in [2.75, 3.05) is 5.73 Å². The number of carboxylic acids is 1. The van der Waals surface area contributed by atoms with Gasteiger partial charge >= 0.3 is 5.97 Å².